The smallest absolute Gasteiger partial charge is 0.246 e. The number of likely N-dealkylation sites (N-methyl/N-ethyl adjacent to an activating group) is 1. The first kappa shape index (κ1) is 29.8. The van der Waals surface area contributed by atoms with Crippen molar-refractivity contribution in [1.29, 1.82) is 0 Å². The van der Waals surface area contributed by atoms with Crippen molar-refractivity contribution < 1.29 is 9.90 Å². The van der Waals surface area contributed by atoms with Gasteiger partial charge in [-0.05, 0) is 52.0 Å². The second kappa shape index (κ2) is 13.1. The van der Waals surface area contributed by atoms with Crippen LogP contribution in [0.5, 0.6) is 5.75 Å². The van der Waals surface area contributed by atoms with Gasteiger partial charge in [0, 0.05) is 81.0 Å². The number of anilines is 2. The third kappa shape index (κ3) is 7.02. The maximum absolute atomic E-state index is 12.8. The molecule has 0 saturated carbocycles. The molecule has 0 radical (unpaired) electrons. The molecule has 5 rings (SSSR count). The van der Waals surface area contributed by atoms with Crippen LogP contribution in [-0.4, -0.2) is 110 Å². The zero-order valence-corrected chi connectivity index (χ0v) is 25.8. The van der Waals surface area contributed by atoms with Gasteiger partial charge in [-0.2, -0.15) is 0 Å². The summed E-state index contributed by atoms with van der Waals surface area (Å²) < 4.78 is 0. The number of nitrogens with zero attached hydrogens (tertiary/aromatic N) is 7. The Morgan fingerprint density at radius 1 is 1.00 bits per heavy atom. The van der Waals surface area contributed by atoms with Crippen LogP contribution in [0.3, 0.4) is 0 Å². The normalized spacial score (nSPS) is 16.6. The Balaban J connectivity index is 1.41. The number of fused-ring (bicyclic) bond motifs is 2. The quantitative estimate of drug-likeness (QED) is 0.392. The molecule has 224 valence electrons. The maximum Gasteiger partial charge on any atom is 0.246 e. The summed E-state index contributed by atoms with van der Waals surface area (Å²) in [6.07, 6.45) is 5.27. The number of benzene rings is 2. The lowest BCUT2D eigenvalue weighted by Crippen LogP contribution is -2.49. The van der Waals surface area contributed by atoms with Gasteiger partial charge >= 0.3 is 0 Å². The number of hydrogen-bond donors (Lipinski definition) is 1. The Hall–Kier alpha value is -3.69. The zero-order chi connectivity index (χ0) is 29.8. The first-order valence-corrected chi connectivity index (χ1v) is 15.0. The van der Waals surface area contributed by atoms with Crippen molar-refractivity contribution in [3.63, 3.8) is 0 Å². The minimum atomic E-state index is 0.0772. The van der Waals surface area contributed by atoms with Crippen LogP contribution in [-0.2, 0) is 24.2 Å². The molecule has 9 heteroatoms. The molecule has 42 heavy (non-hydrogen) atoms. The summed E-state index contributed by atoms with van der Waals surface area (Å²) in [4.78, 5) is 34.0. The van der Waals surface area contributed by atoms with Gasteiger partial charge in [0.2, 0.25) is 5.91 Å². The highest BCUT2D eigenvalue weighted by Gasteiger charge is 2.29. The highest BCUT2D eigenvalue weighted by atomic mass is 16.3. The van der Waals surface area contributed by atoms with Gasteiger partial charge < -0.3 is 29.6 Å². The molecule has 2 aliphatic heterocycles. The molecule has 1 amide bonds. The van der Waals surface area contributed by atoms with Gasteiger partial charge in [0.05, 0.1) is 12.2 Å². The zero-order valence-electron chi connectivity index (χ0n) is 25.8. The lowest BCUT2D eigenvalue weighted by atomic mass is 10.0. The van der Waals surface area contributed by atoms with Gasteiger partial charge in [-0.1, -0.05) is 37.3 Å². The van der Waals surface area contributed by atoms with Gasteiger partial charge in [-0.15, -0.1) is 0 Å². The Labute approximate surface area is 250 Å². The number of amides is 1. The topological polar surface area (TPSA) is 79.3 Å². The van der Waals surface area contributed by atoms with E-state index in [0.717, 1.165) is 79.4 Å². The molecule has 0 aliphatic carbocycles. The number of phenolic OH excluding ortho intramolecular Hbond substituents is 1. The lowest BCUT2D eigenvalue weighted by Gasteiger charge is -2.38. The van der Waals surface area contributed by atoms with Crippen LogP contribution in [0, 0.1) is 5.92 Å². The number of aromatic hydroxyl groups is 1. The number of rotatable bonds is 9. The number of phenols is 1. The molecule has 3 aromatic rings. The molecule has 1 saturated heterocycles. The monoisotopic (exact) mass is 571 g/mol. The summed E-state index contributed by atoms with van der Waals surface area (Å²) in [5.41, 5.74) is 3.31. The summed E-state index contributed by atoms with van der Waals surface area (Å²) in [5.74, 6) is 2.69. The molecule has 1 aromatic heterocycles. The molecule has 0 bridgehead atoms. The van der Waals surface area contributed by atoms with Crippen molar-refractivity contribution in [1.82, 2.24) is 24.7 Å². The summed E-state index contributed by atoms with van der Waals surface area (Å²) in [6.45, 7) is 8.33. The minimum Gasteiger partial charge on any atom is -0.508 e. The number of carbonyl (C=O) groups is 1. The predicted molar refractivity (Wildman–Crippen MR) is 170 cm³/mol. The standard InChI is InChI=1S/C33H45N7O2/c1-24(22-37(4)5)19-31-34-29-23-40(30-21-26(41)20-25-9-6-7-10-27(25)30)14-12-28(29)33(35-31)39-17-15-38(16-18-39)32(42)11-8-13-36(2)3/h6-11,20-21,24,41H,12-19,22-23H2,1-5H3/b11-8+/t24-/m0/s1. The number of hydrogen-bond acceptors (Lipinski definition) is 8. The fraction of sp³-hybridized carbons (Fsp3) is 0.485. The van der Waals surface area contributed by atoms with E-state index in [-0.39, 0.29) is 11.7 Å². The van der Waals surface area contributed by atoms with Gasteiger partial charge in [-0.25, -0.2) is 9.97 Å². The number of piperazine rings is 1. The van der Waals surface area contributed by atoms with Crippen molar-refractivity contribution in [2.24, 2.45) is 5.92 Å². The molecular weight excluding hydrogens is 526 g/mol. The Kier molecular flexibility index (Phi) is 9.28. The van der Waals surface area contributed by atoms with Gasteiger partial charge in [0.15, 0.2) is 0 Å². The molecular formula is C33H45N7O2. The van der Waals surface area contributed by atoms with Crippen LogP contribution in [0.4, 0.5) is 11.5 Å². The summed E-state index contributed by atoms with van der Waals surface area (Å²) in [7, 11) is 8.19. The van der Waals surface area contributed by atoms with E-state index in [2.05, 4.69) is 41.8 Å². The molecule has 3 heterocycles. The molecule has 1 N–H and O–H groups in total. The van der Waals surface area contributed by atoms with Crippen molar-refractivity contribution in [2.45, 2.75) is 26.3 Å². The molecule has 9 nitrogen and oxygen atoms in total. The number of aromatic nitrogens is 2. The van der Waals surface area contributed by atoms with E-state index < -0.39 is 0 Å². The average molecular weight is 572 g/mol. The molecule has 1 atom stereocenters. The SMILES string of the molecule is C[C@@H](Cc1nc2c(c(N3CCN(C(=O)/C=C/CN(C)C)CC3)n1)CCN(c1cc(O)cc3ccccc13)C2)CN(C)C. The fourth-order valence-electron chi connectivity index (χ4n) is 6.16. The second-order valence-electron chi connectivity index (χ2n) is 12.3. The van der Waals surface area contributed by atoms with E-state index in [4.69, 9.17) is 9.97 Å². The second-order valence-corrected chi connectivity index (χ2v) is 12.3. The van der Waals surface area contributed by atoms with E-state index in [1.807, 2.05) is 60.3 Å². The minimum absolute atomic E-state index is 0.0772. The molecule has 1 fully saturated rings. The third-order valence-electron chi connectivity index (χ3n) is 8.08. The Morgan fingerprint density at radius 3 is 2.50 bits per heavy atom. The Bertz CT molecular complexity index is 1430. The van der Waals surface area contributed by atoms with E-state index in [1.165, 1.54) is 5.56 Å². The lowest BCUT2D eigenvalue weighted by molar-refractivity contribution is -0.126. The van der Waals surface area contributed by atoms with Gasteiger partial charge in [0.25, 0.3) is 0 Å². The largest absolute Gasteiger partial charge is 0.508 e. The van der Waals surface area contributed by atoms with E-state index >= 15 is 0 Å². The van der Waals surface area contributed by atoms with Crippen molar-refractivity contribution >= 4 is 28.2 Å². The van der Waals surface area contributed by atoms with Crippen molar-refractivity contribution in [3.05, 3.63) is 65.6 Å². The third-order valence-corrected chi connectivity index (χ3v) is 8.08. The maximum atomic E-state index is 12.8. The van der Waals surface area contributed by atoms with Crippen LogP contribution in [0.2, 0.25) is 0 Å². The summed E-state index contributed by atoms with van der Waals surface area (Å²) >= 11 is 0. The molecule has 0 unspecified atom stereocenters. The van der Waals surface area contributed by atoms with E-state index in [9.17, 15) is 9.90 Å². The van der Waals surface area contributed by atoms with Gasteiger partial charge in [-0.3, -0.25) is 4.79 Å². The van der Waals surface area contributed by atoms with Crippen molar-refractivity contribution in [2.75, 3.05) is 83.8 Å². The van der Waals surface area contributed by atoms with Crippen LogP contribution in [0.15, 0.2) is 48.6 Å². The van der Waals surface area contributed by atoms with Crippen LogP contribution < -0.4 is 9.80 Å². The summed E-state index contributed by atoms with van der Waals surface area (Å²) in [5, 5.41) is 12.7. The predicted octanol–water partition coefficient (Wildman–Crippen LogP) is 3.40. The molecule has 2 aromatic carbocycles. The summed E-state index contributed by atoms with van der Waals surface area (Å²) in [6, 6.07) is 11.9. The van der Waals surface area contributed by atoms with Crippen LogP contribution >= 0.6 is 0 Å². The van der Waals surface area contributed by atoms with E-state index in [0.29, 0.717) is 25.6 Å². The molecule has 0 spiro atoms. The van der Waals surface area contributed by atoms with Crippen LogP contribution in [0.25, 0.3) is 10.8 Å². The highest BCUT2D eigenvalue weighted by Crippen LogP contribution is 2.36. The van der Waals surface area contributed by atoms with Crippen molar-refractivity contribution in [3.8, 4) is 5.75 Å². The molecule has 2 aliphatic rings. The first-order chi connectivity index (χ1) is 20.2. The van der Waals surface area contributed by atoms with Crippen LogP contribution in [0.1, 0.15) is 24.0 Å². The number of carbonyl (C=O) groups excluding carboxylic acids is 1. The Morgan fingerprint density at radius 2 is 1.76 bits per heavy atom. The fourth-order valence-corrected chi connectivity index (χ4v) is 6.16. The first-order valence-electron chi connectivity index (χ1n) is 15.0. The van der Waals surface area contributed by atoms with E-state index in [1.54, 1.807) is 6.08 Å². The average Bonchev–Trinajstić information content (AvgIpc) is 2.95. The van der Waals surface area contributed by atoms with Gasteiger partial charge in [0.1, 0.15) is 17.4 Å². The highest BCUT2D eigenvalue weighted by molar-refractivity contribution is 5.95.